The molecule has 26 heavy (non-hydrogen) atoms. The van der Waals surface area contributed by atoms with Crippen LogP contribution in [0.2, 0.25) is 0 Å². The number of aliphatic hydroxyl groups is 1. The highest BCUT2D eigenvalue weighted by Crippen LogP contribution is 2.21. The second-order valence-corrected chi connectivity index (χ2v) is 6.97. The Labute approximate surface area is 156 Å². The van der Waals surface area contributed by atoms with E-state index in [4.69, 9.17) is 4.74 Å². The van der Waals surface area contributed by atoms with Gasteiger partial charge in [-0.1, -0.05) is 56.3 Å². The van der Waals surface area contributed by atoms with Gasteiger partial charge in [-0.05, 0) is 42.5 Å². The lowest BCUT2D eigenvalue weighted by Crippen LogP contribution is -2.40. The Morgan fingerprint density at radius 1 is 1.08 bits per heavy atom. The number of rotatable bonds is 9. The number of hydrogen-bond donors (Lipinski definition) is 2. The molecular weight excluding hydrogens is 326 g/mol. The van der Waals surface area contributed by atoms with E-state index in [1.807, 2.05) is 48.5 Å². The summed E-state index contributed by atoms with van der Waals surface area (Å²) in [6.07, 6.45) is 0.136. The molecule has 140 valence electrons. The molecule has 0 aliphatic carbocycles. The molecule has 0 saturated heterocycles. The van der Waals surface area contributed by atoms with Crippen LogP contribution in [0.5, 0.6) is 5.75 Å². The standard InChI is InChI=1S/C22H29NO3/c1-16(2)20-10-7-11-21(13-20)26-17(3)22(25)23-14-19(15-24)12-18-8-5-4-6-9-18/h4-11,13,16-17,19,24H,12,14-15H2,1-3H3,(H,23,25). The van der Waals surface area contributed by atoms with Crippen LogP contribution < -0.4 is 10.1 Å². The van der Waals surface area contributed by atoms with Crippen LogP contribution in [0.25, 0.3) is 0 Å². The molecule has 2 atom stereocenters. The van der Waals surface area contributed by atoms with Gasteiger partial charge in [0.05, 0.1) is 0 Å². The molecule has 4 heteroatoms. The summed E-state index contributed by atoms with van der Waals surface area (Å²) < 4.78 is 5.78. The van der Waals surface area contributed by atoms with E-state index < -0.39 is 6.10 Å². The molecule has 0 radical (unpaired) electrons. The van der Waals surface area contributed by atoms with E-state index in [0.717, 1.165) is 12.0 Å². The van der Waals surface area contributed by atoms with E-state index in [2.05, 4.69) is 25.2 Å². The van der Waals surface area contributed by atoms with Gasteiger partial charge in [-0.2, -0.15) is 0 Å². The third-order valence-electron chi connectivity index (χ3n) is 4.40. The monoisotopic (exact) mass is 355 g/mol. The molecule has 0 aromatic heterocycles. The van der Waals surface area contributed by atoms with E-state index in [-0.39, 0.29) is 18.4 Å². The first-order chi connectivity index (χ1) is 12.5. The van der Waals surface area contributed by atoms with Crippen molar-refractivity contribution in [1.29, 1.82) is 0 Å². The van der Waals surface area contributed by atoms with Gasteiger partial charge in [0, 0.05) is 19.1 Å². The summed E-state index contributed by atoms with van der Waals surface area (Å²) in [4.78, 5) is 12.3. The van der Waals surface area contributed by atoms with Gasteiger partial charge in [0.1, 0.15) is 5.75 Å². The maximum atomic E-state index is 12.3. The van der Waals surface area contributed by atoms with Crippen LogP contribution in [0.4, 0.5) is 0 Å². The third kappa shape index (κ3) is 6.19. The Hall–Kier alpha value is -2.33. The Kier molecular flexibility index (Phi) is 7.67. The zero-order chi connectivity index (χ0) is 18.9. The number of hydrogen-bond acceptors (Lipinski definition) is 3. The second-order valence-electron chi connectivity index (χ2n) is 6.97. The first-order valence-corrected chi connectivity index (χ1v) is 9.18. The predicted molar refractivity (Wildman–Crippen MR) is 104 cm³/mol. The number of ether oxygens (including phenoxy) is 1. The van der Waals surface area contributed by atoms with Gasteiger partial charge in [0.15, 0.2) is 6.10 Å². The molecule has 0 heterocycles. The minimum atomic E-state index is -0.589. The van der Waals surface area contributed by atoms with Gasteiger partial charge in [0.2, 0.25) is 0 Å². The van der Waals surface area contributed by atoms with Crippen LogP contribution >= 0.6 is 0 Å². The second kappa shape index (κ2) is 9.97. The highest BCUT2D eigenvalue weighted by Gasteiger charge is 2.17. The first kappa shape index (κ1) is 20.0. The molecule has 2 N–H and O–H groups in total. The lowest BCUT2D eigenvalue weighted by molar-refractivity contribution is -0.127. The van der Waals surface area contributed by atoms with Gasteiger partial charge in [-0.25, -0.2) is 0 Å². The van der Waals surface area contributed by atoms with Crippen LogP contribution in [0, 0.1) is 5.92 Å². The van der Waals surface area contributed by atoms with E-state index in [9.17, 15) is 9.90 Å². The zero-order valence-electron chi connectivity index (χ0n) is 15.8. The van der Waals surface area contributed by atoms with Crippen LogP contribution in [-0.4, -0.2) is 30.3 Å². The lowest BCUT2D eigenvalue weighted by atomic mass is 10.00. The van der Waals surface area contributed by atoms with Crippen LogP contribution in [0.3, 0.4) is 0 Å². The summed E-state index contributed by atoms with van der Waals surface area (Å²) in [6.45, 7) is 6.43. The average Bonchev–Trinajstić information content (AvgIpc) is 2.65. The maximum absolute atomic E-state index is 12.3. The molecular formula is C22H29NO3. The Morgan fingerprint density at radius 3 is 2.46 bits per heavy atom. The molecule has 0 aliphatic heterocycles. The van der Waals surface area contributed by atoms with Crippen LogP contribution in [0.1, 0.15) is 37.8 Å². The first-order valence-electron chi connectivity index (χ1n) is 9.18. The maximum Gasteiger partial charge on any atom is 0.260 e. The number of carbonyl (C=O) groups excluding carboxylic acids is 1. The molecule has 2 aromatic rings. The third-order valence-corrected chi connectivity index (χ3v) is 4.40. The fourth-order valence-corrected chi connectivity index (χ4v) is 2.74. The minimum Gasteiger partial charge on any atom is -0.481 e. The van der Waals surface area contributed by atoms with E-state index in [1.54, 1.807) is 6.92 Å². The number of nitrogens with one attached hydrogen (secondary N) is 1. The van der Waals surface area contributed by atoms with Crippen LogP contribution in [-0.2, 0) is 11.2 Å². The van der Waals surface area contributed by atoms with Gasteiger partial charge >= 0.3 is 0 Å². The number of benzene rings is 2. The molecule has 4 nitrogen and oxygen atoms in total. The molecule has 0 fully saturated rings. The van der Waals surface area contributed by atoms with Crippen molar-refractivity contribution in [3.05, 3.63) is 65.7 Å². The van der Waals surface area contributed by atoms with Gasteiger partial charge in [-0.3, -0.25) is 4.79 Å². The van der Waals surface area contributed by atoms with Gasteiger partial charge < -0.3 is 15.2 Å². The Morgan fingerprint density at radius 2 is 1.81 bits per heavy atom. The Bertz CT molecular complexity index is 685. The Balaban J connectivity index is 1.85. The fraction of sp³-hybridized carbons (Fsp3) is 0.409. The normalized spacial score (nSPS) is 13.3. The molecule has 2 rings (SSSR count). The molecule has 0 spiro atoms. The van der Waals surface area contributed by atoms with Crippen molar-refractivity contribution < 1.29 is 14.6 Å². The van der Waals surface area contributed by atoms with E-state index in [1.165, 1.54) is 5.56 Å². The van der Waals surface area contributed by atoms with Crippen molar-refractivity contribution >= 4 is 5.91 Å². The topological polar surface area (TPSA) is 58.6 Å². The molecule has 0 bridgehead atoms. The highest BCUT2D eigenvalue weighted by molar-refractivity contribution is 5.80. The van der Waals surface area contributed by atoms with E-state index in [0.29, 0.717) is 18.2 Å². The van der Waals surface area contributed by atoms with Crippen molar-refractivity contribution in [1.82, 2.24) is 5.32 Å². The number of amides is 1. The smallest absolute Gasteiger partial charge is 0.260 e. The summed E-state index contributed by atoms with van der Waals surface area (Å²) in [7, 11) is 0. The largest absolute Gasteiger partial charge is 0.481 e. The summed E-state index contributed by atoms with van der Waals surface area (Å²) in [6, 6.07) is 17.8. The van der Waals surface area contributed by atoms with Crippen molar-refractivity contribution in [2.24, 2.45) is 5.92 Å². The zero-order valence-corrected chi connectivity index (χ0v) is 15.8. The fourth-order valence-electron chi connectivity index (χ4n) is 2.74. The van der Waals surface area contributed by atoms with Crippen molar-refractivity contribution in [3.63, 3.8) is 0 Å². The quantitative estimate of drug-likeness (QED) is 0.723. The van der Waals surface area contributed by atoms with E-state index >= 15 is 0 Å². The number of aliphatic hydroxyl groups excluding tert-OH is 1. The van der Waals surface area contributed by atoms with Crippen molar-refractivity contribution in [2.75, 3.05) is 13.2 Å². The molecule has 1 amide bonds. The van der Waals surface area contributed by atoms with Crippen LogP contribution in [0.15, 0.2) is 54.6 Å². The van der Waals surface area contributed by atoms with Gasteiger partial charge in [-0.15, -0.1) is 0 Å². The van der Waals surface area contributed by atoms with Crippen molar-refractivity contribution in [2.45, 2.75) is 39.2 Å². The molecule has 2 unspecified atom stereocenters. The van der Waals surface area contributed by atoms with Crippen molar-refractivity contribution in [3.8, 4) is 5.75 Å². The number of carbonyl (C=O) groups is 1. The predicted octanol–water partition coefficient (Wildman–Crippen LogP) is 3.54. The minimum absolute atomic E-state index is 0.0159. The molecule has 0 aliphatic rings. The lowest BCUT2D eigenvalue weighted by Gasteiger charge is -2.19. The SMILES string of the molecule is CC(Oc1cccc(C(C)C)c1)C(=O)NCC(CO)Cc1ccccc1. The summed E-state index contributed by atoms with van der Waals surface area (Å²) in [5.41, 5.74) is 2.33. The van der Waals surface area contributed by atoms with Gasteiger partial charge in [0.25, 0.3) is 5.91 Å². The summed E-state index contributed by atoms with van der Waals surface area (Å²) >= 11 is 0. The molecule has 2 aromatic carbocycles. The highest BCUT2D eigenvalue weighted by atomic mass is 16.5. The average molecular weight is 355 g/mol. The molecule has 0 saturated carbocycles. The summed E-state index contributed by atoms with van der Waals surface area (Å²) in [5.74, 6) is 0.914. The summed E-state index contributed by atoms with van der Waals surface area (Å²) in [5, 5.41) is 12.5.